The lowest BCUT2D eigenvalue weighted by Gasteiger charge is -2.26. The number of carbonyl (C=O) groups is 1. The zero-order valence-corrected chi connectivity index (χ0v) is 14.2. The molecule has 0 aromatic carbocycles. The molecular formula is C15H31NO2S. The largest absolute Gasteiger partial charge is 0.465 e. The summed E-state index contributed by atoms with van der Waals surface area (Å²) in [5.74, 6) is 1.76. The third kappa shape index (κ3) is 7.21. The minimum Gasteiger partial charge on any atom is -0.465 e. The zero-order chi connectivity index (χ0) is 14.9. The second-order valence-corrected chi connectivity index (χ2v) is 7.06. The standard InChI is InChI=1S/C15H31NO2S/c1-7-18-14(17)15(5,16-6)10-8-9-11-19-13(4)12(2)3/h12-13,16H,7-11H2,1-6H3. The second kappa shape index (κ2) is 9.65. The summed E-state index contributed by atoms with van der Waals surface area (Å²) in [5, 5.41) is 3.81. The Bertz CT molecular complexity index is 259. The van der Waals surface area contributed by atoms with Gasteiger partial charge in [-0.05, 0) is 45.4 Å². The summed E-state index contributed by atoms with van der Waals surface area (Å²) in [6.07, 6.45) is 3.03. The predicted octanol–water partition coefficient (Wildman–Crippen LogP) is 3.48. The van der Waals surface area contributed by atoms with Gasteiger partial charge in [-0.25, -0.2) is 0 Å². The van der Waals surface area contributed by atoms with E-state index in [1.54, 1.807) is 0 Å². The molecule has 0 aromatic heterocycles. The number of ether oxygens (including phenoxy) is 1. The Morgan fingerprint density at radius 1 is 1.32 bits per heavy atom. The fourth-order valence-corrected chi connectivity index (χ4v) is 2.79. The van der Waals surface area contributed by atoms with Gasteiger partial charge in [0.2, 0.25) is 0 Å². The summed E-state index contributed by atoms with van der Waals surface area (Å²) in [4.78, 5) is 11.9. The third-order valence-electron chi connectivity index (χ3n) is 3.67. The molecule has 3 nitrogen and oxygen atoms in total. The van der Waals surface area contributed by atoms with E-state index in [9.17, 15) is 4.79 Å². The molecule has 2 unspecified atom stereocenters. The van der Waals surface area contributed by atoms with E-state index in [0.29, 0.717) is 11.9 Å². The molecule has 0 heterocycles. The van der Waals surface area contributed by atoms with Crippen molar-refractivity contribution in [1.82, 2.24) is 5.32 Å². The highest BCUT2D eigenvalue weighted by Gasteiger charge is 2.32. The van der Waals surface area contributed by atoms with Crippen LogP contribution in [0.5, 0.6) is 0 Å². The number of likely N-dealkylation sites (N-methyl/N-ethyl adjacent to an activating group) is 1. The lowest BCUT2D eigenvalue weighted by atomic mass is 9.95. The summed E-state index contributed by atoms with van der Waals surface area (Å²) < 4.78 is 5.12. The molecule has 0 aromatic rings. The van der Waals surface area contributed by atoms with Crippen LogP contribution in [0.1, 0.15) is 53.9 Å². The van der Waals surface area contributed by atoms with Crippen molar-refractivity contribution >= 4 is 17.7 Å². The molecule has 1 N–H and O–H groups in total. The van der Waals surface area contributed by atoms with Crippen LogP contribution in [0.15, 0.2) is 0 Å². The van der Waals surface area contributed by atoms with Crippen molar-refractivity contribution in [2.24, 2.45) is 5.92 Å². The number of nitrogens with one attached hydrogen (secondary N) is 1. The first-order chi connectivity index (χ1) is 8.87. The van der Waals surface area contributed by atoms with Gasteiger partial charge in [-0.1, -0.05) is 27.2 Å². The molecule has 0 saturated heterocycles. The van der Waals surface area contributed by atoms with E-state index in [2.05, 4.69) is 26.1 Å². The van der Waals surface area contributed by atoms with Crippen LogP contribution < -0.4 is 5.32 Å². The Morgan fingerprint density at radius 2 is 1.95 bits per heavy atom. The molecule has 0 aliphatic heterocycles. The van der Waals surface area contributed by atoms with Crippen molar-refractivity contribution in [3.8, 4) is 0 Å². The highest BCUT2D eigenvalue weighted by molar-refractivity contribution is 7.99. The van der Waals surface area contributed by atoms with Crippen LogP contribution in [0.4, 0.5) is 0 Å². The minimum atomic E-state index is -0.537. The molecule has 2 atom stereocenters. The number of thioether (sulfide) groups is 1. The first-order valence-corrected chi connectivity index (χ1v) is 8.40. The van der Waals surface area contributed by atoms with E-state index in [0.717, 1.165) is 25.2 Å². The number of hydrogen-bond donors (Lipinski definition) is 1. The van der Waals surface area contributed by atoms with Gasteiger partial charge in [-0.2, -0.15) is 11.8 Å². The molecule has 4 heteroatoms. The maximum absolute atomic E-state index is 11.9. The van der Waals surface area contributed by atoms with E-state index in [4.69, 9.17) is 4.74 Å². The molecule has 0 amide bonds. The van der Waals surface area contributed by atoms with Gasteiger partial charge in [0, 0.05) is 5.25 Å². The molecule has 19 heavy (non-hydrogen) atoms. The van der Waals surface area contributed by atoms with Crippen LogP contribution in [-0.4, -0.2) is 36.2 Å². The molecule has 0 saturated carbocycles. The van der Waals surface area contributed by atoms with Gasteiger partial charge in [0.05, 0.1) is 6.61 Å². The topological polar surface area (TPSA) is 38.3 Å². The molecule has 0 rings (SSSR count). The summed E-state index contributed by atoms with van der Waals surface area (Å²) in [6.45, 7) is 11.0. The minimum absolute atomic E-state index is 0.138. The van der Waals surface area contributed by atoms with Gasteiger partial charge in [-0.15, -0.1) is 0 Å². The van der Waals surface area contributed by atoms with Crippen LogP contribution in [0.25, 0.3) is 0 Å². The average Bonchev–Trinajstić information content (AvgIpc) is 2.37. The zero-order valence-electron chi connectivity index (χ0n) is 13.4. The summed E-state index contributed by atoms with van der Waals surface area (Å²) in [6, 6.07) is 0. The summed E-state index contributed by atoms with van der Waals surface area (Å²) >= 11 is 2.02. The maximum Gasteiger partial charge on any atom is 0.326 e. The summed E-state index contributed by atoms with van der Waals surface area (Å²) in [7, 11) is 1.83. The van der Waals surface area contributed by atoms with Crippen LogP contribution in [0.3, 0.4) is 0 Å². The quantitative estimate of drug-likeness (QED) is 0.493. The van der Waals surface area contributed by atoms with Gasteiger partial charge in [-0.3, -0.25) is 4.79 Å². The first-order valence-electron chi connectivity index (χ1n) is 7.35. The smallest absolute Gasteiger partial charge is 0.326 e. The van der Waals surface area contributed by atoms with E-state index in [1.165, 1.54) is 5.75 Å². The fraction of sp³-hybridized carbons (Fsp3) is 0.933. The van der Waals surface area contributed by atoms with E-state index >= 15 is 0 Å². The number of hydrogen-bond acceptors (Lipinski definition) is 4. The number of carbonyl (C=O) groups excluding carboxylic acids is 1. The summed E-state index contributed by atoms with van der Waals surface area (Å²) in [5.41, 5.74) is -0.537. The SMILES string of the molecule is CCOC(=O)C(C)(CCCCSC(C)C(C)C)NC. The number of esters is 1. The number of rotatable bonds is 10. The highest BCUT2D eigenvalue weighted by atomic mass is 32.2. The number of unbranched alkanes of at least 4 members (excludes halogenated alkanes) is 1. The van der Waals surface area contributed by atoms with Crippen LogP contribution >= 0.6 is 11.8 Å². The third-order valence-corrected chi connectivity index (χ3v) is 5.26. The molecule has 0 bridgehead atoms. The van der Waals surface area contributed by atoms with E-state index in [1.807, 2.05) is 32.7 Å². The van der Waals surface area contributed by atoms with E-state index < -0.39 is 5.54 Å². The lowest BCUT2D eigenvalue weighted by Crippen LogP contribution is -2.48. The van der Waals surface area contributed by atoms with Gasteiger partial charge < -0.3 is 10.1 Å². The van der Waals surface area contributed by atoms with Crippen molar-refractivity contribution in [3.63, 3.8) is 0 Å². The van der Waals surface area contributed by atoms with Crippen LogP contribution in [0, 0.1) is 5.92 Å². The Hall–Kier alpha value is -0.220. The Labute approximate surface area is 123 Å². The molecule has 0 radical (unpaired) electrons. The van der Waals surface area contributed by atoms with Crippen molar-refractivity contribution < 1.29 is 9.53 Å². The lowest BCUT2D eigenvalue weighted by molar-refractivity contribution is -0.150. The highest BCUT2D eigenvalue weighted by Crippen LogP contribution is 2.22. The van der Waals surface area contributed by atoms with Crippen LogP contribution in [-0.2, 0) is 9.53 Å². The van der Waals surface area contributed by atoms with E-state index in [-0.39, 0.29) is 5.97 Å². The van der Waals surface area contributed by atoms with Gasteiger partial charge in [0.15, 0.2) is 0 Å². The maximum atomic E-state index is 11.9. The molecule has 0 fully saturated rings. The molecule has 114 valence electrons. The Balaban J connectivity index is 3.93. The molecule has 0 aliphatic carbocycles. The van der Waals surface area contributed by atoms with Crippen molar-refractivity contribution in [2.75, 3.05) is 19.4 Å². The van der Waals surface area contributed by atoms with Gasteiger partial charge >= 0.3 is 5.97 Å². The average molecular weight is 289 g/mol. The van der Waals surface area contributed by atoms with Crippen LogP contribution in [0.2, 0.25) is 0 Å². The fourth-order valence-electron chi connectivity index (χ4n) is 1.66. The normalized spacial score (nSPS) is 16.2. The predicted molar refractivity (Wildman–Crippen MR) is 84.7 cm³/mol. The Kier molecular flexibility index (Phi) is 9.54. The van der Waals surface area contributed by atoms with Crippen molar-refractivity contribution in [3.05, 3.63) is 0 Å². The van der Waals surface area contributed by atoms with Gasteiger partial charge in [0.1, 0.15) is 5.54 Å². The monoisotopic (exact) mass is 289 g/mol. The molecule has 0 spiro atoms. The Morgan fingerprint density at radius 3 is 2.42 bits per heavy atom. The molecular weight excluding hydrogens is 258 g/mol. The van der Waals surface area contributed by atoms with Gasteiger partial charge in [0.25, 0.3) is 0 Å². The molecule has 0 aliphatic rings. The second-order valence-electron chi connectivity index (χ2n) is 5.58. The van der Waals surface area contributed by atoms with Crippen molar-refractivity contribution in [1.29, 1.82) is 0 Å². The first kappa shape index (κ1) is 18.8. The van der Waals surface area contributed by atoms with Crippen molar-refractivity contribution in [2.45, 2.75) is 64.7 Å².